The molecule has 0 aromatic heterocycles. The van der Waals surface area contributed by atoms with Crippen molar-refractivity contribution in [3.05, 3.63) is 48.0 Å². The first-order valence-electron chi connectivity index (χ1n) is 10.0. The third-order valence-corrected chi connectivity index (χ3v) is 7.31. The molecule has 0 bridgehead atoms. The van der Waals surface area contributed by atoms with E-state index in [2.05, 4.69) is 5.32 Å². The summed E-state index contributed by atoms with van der Waals surface area (Å²) < 4.78 is 42.2. The summed E-state index contributed by atoms with van der Waals surface area (Å²) in [6.45, 7) is 0.456. The molecular weight excluding hydrogens is 436 g/mol. The molecule has 1 fully saturated rings. The lowest BCUT2D eigenvalue weighted by Gasteiger charge is -2.30. The number of carbonyl (C=O) groups is 2. The topological polar surface area (TPSA) is 111 Å². The summed E-state index contributed by atoms with van der Waals surface area (Å²) in [7, 11) is 0.605. The normalized spacial score (nSPS) is 15.1. The largest absolute Gasteiger partial charge is 0.497 e. The number of carbonyl (C=O) groups excluding carboxylic acids is 2. The molecule has 0 spiro atoms. The Morgan fingerprint density at radius 1 is 0.969 bits per heavy atom. The van der Waals surface area contributed by atoms with E-state index in [0.29, 0.717) is 30.0 Å². The van der Waals surface area contributed by atoms with Gasteiger partial charge in [-0.25, -0.2) is 13.2 Å². The molecule has 1 amide bonds. The number of rotatable bonds is 7. The van der Waals surface area contributed by atoms with Gasteiger partial charge in [-0.1, -0.05) is 0 Å². The van der Waals surface area contributed by atoms with E-state index < -0.39 is 16.0 Å². The molecule has 0 aliphatic carbocycles. The lowest BCUT2D eigenvalue weighted by Crippen LogP contribution is -2.41. The van der Waals surface area contributed by atoms with Crippen LogP contribution in [-0.4, -0.2) is 59.0 Å². The van der Waals surface area contributed by atoms with Crippen LogP contribution in [0.15, 0.2) is 47.4 Å². The van der Waals surface area contributed by atoms with Gasteiger partial charge in [0.15, 0.2) is 0 Å². The maximum atomic E-state index is 12.9. The van der Waals surface area contributed by atoms with Crippen LogP contribution in [-0.2, 0) is 19.6 Å². The van der Waals surface area contributed by atoms with Gasteiger partial charge in [0, 0.05) is 19.0 Å². The molecule has 1 aliphatic rings. The predicted molar refractivity (Wildman–Crippen MR) is 117 cm³/mol. The van der Waals surface area contributed by atoms with E-state index in [-0.39, 0.29) is 35.4 Å². The lowest BCUT2D eigenvalue weighted by atomic mass is 9.97. The number of hydrogen-bond acceptors (Lipinski definition) is 7. The van der Waals surface area contributed by atoms with Crippen molar-refractivity contribution in [2.75, 3.05) is 39.7 Å². The first-order valence-corrected chi connectivity index (χ1v) is 11.5. The minimum Gasteiger partial charge on any atom is -0.497 e. The minimum absolute atomic E-state index is 0.186. The number of anilines is 1. The van der Waals surface area contributed by atoms with E-state index >= 15 is 0 Å². The van der Waals surface area contributed by atoms with Gasteiger partial charge in [0.2, 0.25) is 15.9 Å². The zero-order valence-corrected chi connectivity index (χ0v) is 19.0. The third kappa shape index (κ3) is 5.03. The zero-order valence-electron chi connectivity index (χ0n) is 18.2. The summed E-state index contributed by atoms with van der Waals surface area (Å²) in [5, 5.41) is 2.79. The number of piperidine rings is 1. The van der Waals surface area contributed by atoms with Crippen molar-refractivity contribution in [2.45, 2.75) is 17.7 Å². The highest BCUT2D eigenvalue weighted by atomic mass is 32.2. The Morgan fingerprint density at radius 3 is 2.19 bits per heavy atom. The van der Waals surface area contributed by atoms with E-state index in [1.54, 1.807) is 24.3 Å². The van der Waals surface area contributed by atoms with E-state index in [4.69, 9.17) is 14.2 Å². The summed E-state index contributed by atoms with van der Waals surface area (Å²) in [6, 6.07) is 10.8. The van der Waals surface area contributed by atoms with Crippen LogP contribution in [0.25, 0.3) is 0 Å². The van der Waals surface area contributed by atoms with Gasteiger partial charge in [-0.2, -0.15) is 4.31 Å². The van der Waals surface area contributed by atoms with Crippen LogP contribution in [0.2, 0.25) is 0 Å². The number of benzene rings is 2. The van der Waals surface area contributed by atoms with E-state index in [1.807, 2.05) is 0 Å². The number of sulfonamides is 1. The Morgan fingerprint density at radius 2 is 1.62 bits per heavy atom. The zero-order chi connectivity index (χ0) is 23.3. The molecule has 32 heavy (non-hydrogen) atoms. The van der Waals surface area contributed by atoms with Gasteiger partial charge >= 0.3 is 5.97 Å². The van der Waals surface area contributed by atoms with Gasteiger partial charge in [0.05, 0.1) is 37.5 Å². The average Bonchev–Trinajstić information content (AvgIpc) is 2.83. The highest BCUT2D eigenvalue weighted by molar-refractivity contribution is 7.89. The molecule has 1 N–H and O–H groups in total. The van der Waals surface area contributed by atoms with E-state index in [0.717, 1.165) is 0 Å². The third-order valence-electron chi connectivity index (χ3n) is 5.40. The lowest BCUT2D eigenvalue weighted by molar-refractivity contribution is -0.120. The molecule has 10 heteroatoms. The molecule has 0 radical (unpaired) electrons. The molecule has 1 heterocycles. The fraction of sp³-hybridized carbons (Fsp3) is 0.364. The smallest absolute Gasteiger partial charge is 0.337 e. The summed E-state index contributed by atoms with van der Waals surface area (Å²) in [5.41, 5.74) is 0.637. The molecule has 2 aromatic rings. The molecule has 0 atom stereocenters. The predicted octanol–water partition coefficient (Wildman–Crippen LogP) is 2.53. The summed E-state index contributed by atoms with van der Waals surface area (Å²) in [6.07, 6.45) is 0.750. The number of hydrogen-bond donors (Lipinski definition) is 1. The van der Waals surface area contributed by atoms with Crippen LogP contribution in [0.3, 0.4) is 0 Å². The second-order valence-electron chi connectivity index (χ2n) is 7.25. The van der Waals surface area contributed by atoms with Crippen molar-refractivity contribution in [1.82, 2.24) is 4.31 Å². The Bertz CT molecular complexity index is 1080. The number of ether oxygens (including phenoxy) is 3. The second kappa shape index (κ2) is 10.0. The van der Waals surface area contributed by atoms with Crippen LogP contribution in [0, 0.1) is 5.92 Å². The van der Waals surface area contributed by atoms with Crippen molar-refractivity contribution >= 4 is 27.6 Å². The average molecular weight is 463 g/mol. The molecule has 1 saturated heterocycles. The van der Waals surface area contributed by atoms with E-state index in [9.17, 15) is 18.0 Å². The van der Waals surface area contributed by atoms with Gasteiger partial charge in [0.25, 0.3) is 0 Å². The minimum atomic E-state index is -3.65. The van der Waals surface area contributed by atoms with E-state index in [1.165, 1.54) is 43.8 Å². The number of methoxy groups -OCH3 is 3. The molecular formula is C22H26N2O7S. The molecule has 1 aliphatic heterocycles. The van der Waals surface area contributed by atoms with Crippen LogP contribution >= 0.6 is 0 Å². The Labute approximate surface area is 187 Å². The molecule has 0 unspecified atom stereocenters. The Balaban J connectivity index is 1.66. The van der Waals surface area contributed by atoms with Crippen molar-refractivity contribution in [2.24, 2.45) is 5.92 Å². The molecule has 9 nitrogen and oxygen atoms in total. The number of nitrogens with zero attached hydrogens (tertiary/aromatic N) is 1. The van der Waals surface area contributed by atoms with Gasteiger partial charge in [-0.05, 0) is 55.3 Å². The Hall–Kier alpha value is -3.11. The van der Waals surface area contributed by atoms with Gasteiger partial charge in [0.1, 0.15) is 11.5 Å². The second-order valence-corrected chi connectivity index (χ2v) is 9.19. The highest BCUT2D eigenvalue weighted by Crippen LogP contribution is 2.29. The fourth-order valence-corrected chi connectivity index (χ4v) is 5.01. The maximum absolute atomic E-state index is 12.9. The maximum Gasteiger partial charge on any atom is 0.337 e. The number of amides is 1. The highest BCUT2D eigenvalue weighted by Gasteiger charge is 2.32. The Kier molecular flexibility index (Phi) is 7.37. The van der Waals surface area contributed by atoms with Gasteiger partial charge < -0.3 is 19.5 Å². The van der Waals surface area contributed by atoms with Crippen molar-refractivity contribution < 1.29 is 32.2 Å². The summed E-state index contributed by atoms with van der Waals surface area (Å²) in [4.78, 5) is 24.8. The van der Waals surface area contributed by atoms with Crippen LogP contribution < -0.4 is 14.8 Å². The van der Waals surface area contributed by atoms with Crippen molar-refractivity contribution in [3.63, 3.8) is 0 Å². The van der Waals surface area contributed by atoms with Crippen LogP contribution in [0.4, 0.5) is 5.69 Å². The molecule has 3 rings (SSSR count). The first-order chi connectivity index (χ1) is 15.3. The number of nitrogens with one attached hydrogen (secondary N) is 1. The van der Waals surface area contributed by atoms with Gasteiger partial charge in [-0.3, -0.25) is 4.79 Å². The van der Waals surface area contributed by atoms with Crippen molar-refractivity contribution in [3.8, 4) is 11.5 Å². The van der Waals surface area contributed by atoms with Crippen LogP contribution in [0.1, 0.15) is 23.2 Å². The molecule has 2 aromatic carbocycles. The first kappa shape index (κ1) is 23.6. The molecule has 172 valence electrons. The monoisotopic (exact) mass is 462 g/mol. The quantitative estimate of drug-likeness (QED) is 0.630. The summed E-state index contributed by atoms with van der Waals surface area (Å²) >= 11 is 0. The molecule has 0 saturated carbocycles. The number of esters is 1. The fourth-order valence-electron chi connectivity index (χ4n) is 3.54. The van der Waals surface area contributed by atoms with Crippen LogP contribution in [0.5, 0.6) is 11.5 Å². The summed E-state index contributed by atoms with van der Waals surface area (Å²) in [5.74, 6) is -0.174. The standard InChI is InChI=1S/C22H26N2O7S/c1-29-17-5-7-18(8-6-17)32(27,28)24-12-10-15(11-13-24)21(25)23-19-14-16(22(26)31-3)4-9-20(19)30-2/h4-9,14-15H,10-13H2,1-3H3,(H,23,25). The van der Waals surface area contributed by atoms with Gasteiger partial charge in [-0.15, -0.1) is 0 Å². The van der Waals surface area contributed by atoms with Crippen molar-refractivity contribution in [1.29, 1.82) is 0 Å². The SMILES string of the molecule is COC(=O)c1ccc(OC)c(NC(=O)C2CCN(S(=O)(=O)c3ccc(OC)cc3)CC2)c1.